The quantitative estimate of drug-likeness (QED) is 0.789. The maximum absolute atomic E-state index is 13.6. The summed E-state index contributed by atoms with van der Waals surface area (Å²) in [6.07, 6.45) is 0.327. The second-order valence-corrected chi connectivity index (χ2v) is 7.30. The standard InChI is InChI=1S/C22H23N3O6/c1-24-20(27)14-7-5-6-8-15(14)25-18(26)9-10-22(24,25)21(28)23-13-11-16(29-2)19(31-4)17(12-13)30-3/h5-8,11-12H,9-10H2,1-4H3,(H,23,28). The van der Waals surface area contributed by atoms with E-state index in [0.717, 1.165) is 0 Å². The van der Waals surface area contributed by atoms with Crippen LogP contribution in [0, 0.1) is 0 Å². The average molecular weight is 425 g/mol. The Kier molecular flexibility index (Phi) is 4.96. The molecule has 2 aliphatic heterocycles. The average Bonchev–Trinajstić information content (AvgIpc) is 3.15. The van der Waals surface area contributed by atoms with Crippen molar-refractivity contribution in [3.63, 3.8) is 0 Å². The highest BCUT2D eigenvalue weighted by molar-refractivity contribution is 6.18. The number of para-hydroxylation sites is 1. The van der Waals surface area contributed by atoms with E-state index in [1.54, 1.807) is 43.4 Å². The molecule has 0 radical (unpaired) electrons. The zero-order chi connectivity index (χ0) is 22.3. The molecule has 1 fully saturated rings. The maximum atomic E-state index is 13.6. The topological polar surface area (TPSA) is 97.4 Å². The lowest BCUT2D eigenvalue weighted by Gasteiger charge is -2.47. The van der Waals surface area contributed by atoms with Crippen molar-refractivity contribution >= 4 is 29.1 Å². The lowest BCUT2D eigenvalue weighted by molar-refractivity contribution is -0.128. The van der Waals surface area contributed by atoms with Gasteiger partial charge in [-0.15, -0.1) is 0 Å². The molecule has 1 N–H and O–H groups in total. The number of amides is 3. The number of nitrogens with zero attached hydrogens (tertiary/aromatic N) is 2. The molecule has 2 aliphatic rings. The smallest absolute Gasteiger partial charge is 0.271 e. The predicted molar refractivity (Wildman–Crippen MR) is 113 cm³/mol. The van der Waals surface area contributed by atoms with Crippen molar-refractivity contribution < 1.29 is 28.6 Å². The Labute approximate surface area is 179 Å². The molecule has 9 heteroatoms. The number of rotatable bonds is 5. The van der Waals surface area contributed by atoms with Gasteiger partial charge in [0.05, 0.1) is 32.6 Å². The molecule has 0 bridgehead atoms. The Morgan fingerprint density at radius 2 is 1.68 bits per heavy atom. The fraction of sp³-hybridized carbons (Fsp3) is 0.318. The Morgan fingerprint density at radius 3 is 2.29 bits per heavy atom. The van der Waals surface area contributed by atoms with Gasteiger partial charge in [0.2, 0.25) is 17.3 Å². The molecule has 2 aromatic rings. The third kappa shape index (κ3) is 2.88. The molecule has 1 atom stereocenters. The molecule has 2 aromatic carbocycles. The molecule has 1 saturated heterocycles. The van der Waals surface area contributed by atoms with Crippen LogP contribution in [0.15, 0.2) is 36.4 Å². The molecule has 4 rings (SSSR count). The van der Waals surface area contributed by atoms with Crippen LogP contribution < -0.4 is 24.4 Å². The molecule has 0 saturated carbocycles. The highest BCUT2D eigenvalue weighted by Gasteiger charge is 2.59. The van der Waals surface area contributed by atoms with Crippen molar-refractivity contribution in [3.8, 4) is 17.2 Å². The number of hydrogen-bond acceptors (Lipinski definition) is 6. The van der Waals surface area contributed by atoms with Crippen LogP contribution in [-0.2, 0) is 9.59 Å². The summed E-state index contributed by atoms with van der Waals surface area (Å²) in [6.45, 7) is 0. The monoisotopic (exact) mass is 425 g/mol. The first kappa shape index (κ1) is 20.5. The number of hydrogen-bond donors (Lipinski definition) is 1. The fourth-order valence-electron chi connectivity index (χ4n) is 4.31. The highest BCUT2D eigenvalue weighted by Crippen LogP contribution is 2.45. The number of benzene rings is 2. The summed E-state index contributed by atoms with van der Waals surface area (Å²) in [5.74, 6) is 0.0870. The van der Waals surface area contributed by atoms with Gasteiger partial charge in [-0.25, -0.2) is 0 Å². The number of carbonyl (C=O) groups excluding carboxylic acids is 3. The largest absolute Gasteiger partial charge is 0.493 e. The first-order valence-electron chi connectivity index (χ1n) is 9.70. The van der Waals surface area contributed by atoms with Crippen LogP contribution in [0.3, 0.4) is 0 Å². The molecule has 0 aromatic heterocycles. The molecule has 2 heterocycles. The minimum absolute atomic E-state index is 0.147. The molecule has 1 unspecified atom stereocenters. The van der Waals surface area contributed by atoms with E-state index < -0.39 is 11.6 Å². The van der Waals surface area contributed by atoms with Crippen molar-refractivity contribution in [3.05, 3.63) is 42.0 Å². The van der Waals surface area contributed by atoms with E-state index in [-0.39, 0.29) is 24.7 Å². The molecule has 9 nitrogen and oxygen atoms in total. The summed E-state index contributed by atoms with van der Waals surface area (Å²) in [6, 6.07) is 10.00. The van der Waals surface area contributed by atoms with Crippen molar-refractivity contribution in [2.75, 3.05) is 38.6 Å². The van der Waals surface area contributed by atoms with E-state index in [9.17, 15) is 14.4 Å². The van der Waals surface area contributed by atoms with Crippen molar-refractivity contribution in [1.82, 2.24) is 4.90 Å². The van der Waals surface area contributed by atoms with Gasteiger partial charge in [0.1, 0.15) is 0 Å². The van der Waals surface area contributed by atoms with E-state index in [1.807, 2.05) is 0 Å². The third-order valence-electron chi connectivity index (χ3n) is 5.83. The minimum Gasteiger partial charge on any atom is -0.493 e. The number of carbonyl (C=O) groups is 3. The molecule has 3 amide bonds. The maximum Gasteiger partial charge on any atom is 0.271 e. The van der Waals surface area contributed by atoms with Gasteiger partial charge in [-0.3, -0.25) is 19.3 Å². The number of fused-ring (bicyclic) bond motifs is 3. The minimum atomic E-state index is -1.47. The second-order valence-electron chi connectivity index (χ2n) is 7.30. The lowest BCUT2D eigenvalue weighted by Crippen LogP contribution is -2.68. The van der Waals surface area contributed by atoms with E-state index in [4.69, 9.17) is 14.2 Å². The number of ether oxygens (including phenoxy) is 3. The normalized spacial score (nSPS) is 19.6. The summed E-state index contributed by atoms with van der Waals surface area (Å²) < 4.78 is 16.0. The molecule has 0 aliphatic carbocycles. The van der Waals surface area contributed by atoms with Gasteiger partial charge in [-0.2, -0.15) is 0 Å². The van der Waals surface area contributed by atoms with Crippen molar-refractivity contribution in [2.45, 2.75) is 18.5 Å². The van der Waals surface area contributed by atoms with Gasteiger partial charge in [0.15, 0.2) is 11.5 Å². The van der Waals surface area contributed by atoms with E-state index in [0.29, 0.717) is 34.2 Å². The van der Waals surface area contributed by atoms with Crippen molar-refractivity contribution in [2.24, 2.45) is 0 Å². The van der Waals surface area contributed by atoms with Gasteiger partial charge in [-0.05, 0) is 12.1 Å². The van der Waals surface area contributed by atoms with Crippen LogP contribution in [0.5, 0.6) is 17.2 Å². The van der Waals surface area contributed by atoms with Crippen LogP contribution in [-0.4, -0.2) is 56.7 Å². The lowest BCUT2D eigenvalue weighted by atomic mass is 9.96. The van der Waals surface area contributed by atoms with Crippen LogP contribution in [0.4, 0.5) is 11.4 Å². The molecule has 31 heavy (non-hydrogen) atoms. The van der Waals surface area contributed by atoms with Gasteiger partial charge in [0.25, 0.3) is 11.8 Å². The number of likely N-dealkylation sites (N-methyl/N-ethyl adjacent to an activating group) is 1. The summed E-state index contributed by atoms with van der Waals surface area (Å²) in [4.78, 5) is 42.3. The molecule has 0 spiro atoms. The van der Waals surface area contributed by atoms with Crippen LogP contribution >= 0.6 is 0 Å². The van der Waals surface area contributed by atoms with Crippen molar-refractivity contribution in [1.29, 1.82) is 0 Å². The van der Waals surface area contributed by atoms with Crippen LogP contribution in [0.1, 0.15) is 23.2 Å². The third-order valence-corrected chi connectivity index (χ3v) is 5.83. The van der Waals surface area contributed by atoms with Gasteiger partial charge in [-0.1, -0.05) is 12.1 Å². The predicted octanol–water partition coefficient (Wildman–Crippen LogP) is 2.26. The number of nitrogens with one attached hydrogen (secondary N) is 1. The number of methoxy groups -OCH3 is 3. The Bertz CT molecular complexity index is 1060. The molecule has 162 valence electrons. The summed E-state index contributed by atoms with van der Waals surface area (Å²) in [5.41, 5.74) is -0.263. The fourth-order valence-corrected chi connectivity index (χ4v) is 4.31. The van der Waals surface area contributed by atoms with Crippen LogP contribution in [0.2, 0.25) is 0 Å². The Morgan fingerprint density at radius 1 is 1.03 bits per heavy atom. The van der Waals surface area contributed by atoms with E-state index >= 15 is 0 Å². The van der Waals surface area contributed by atoms with E-state index in [2.05, 4.69) is 5.32 Å². The first-order chi connectivity index (χ1) is 14.9. The zero-order valence-corrected chi connectivity index (χ0v) is 17.7. The first-order valence-corrected chi connectivity index (χ1v) is 9.70. The van der Waals surface area contributed by atoms with Gasteiger partial charge >= 0.3 is 0 Å². The summed E-state index contributed by atoms with van der Waals surface area (Å²) in [5, 5.41) is 2.83. The highest BCUT2D eigenvalue weighted by atomic mass is 16.5. The Balaban J connectivity index is 1.78. The van der Waals surface area contributed by atoms with Crippen LogP contribution in [0.25, 0.3) is 0 Å². The van der Waals surface area contributed by atoms with Gasteiger partial charge in [0, 0.05) is 37.7 Å². The molecular formula is C22H23N3O6. The zero-order valence-electron chi connectivity index (χ0n) is 17.7. The summed E-state index contributed by atoms with van der Waals surface area (Å²) in [7, 11) is 5.98. The number of anilines is 2. The SMILES string of the molecule is COc1cc(NC(=O)C23CCC(=O)N2c2ccccc2C(=O)N3C)cc(OC)c1OC. The molecular weight excluding hydrogens is 402 g/mol. The summed E-state index contributed by atoms with van der Waals surface area (Å²) >= 11 is 0. The van der Waals surface area contributed by atoms with Gasteiger partial charge < -0.3 is 24.4 Å². The Hall–Kier alpha value is -3.75. The second kappa shape index (κ2) is 7.50. The van der Waals surface area contributed by atoms with E-state index in [1.165, 1.54) is 31.1 Å².